The van der Waals surface area contributed by atoms with Gasteiger partial charge in [0.1, 0.15) is 5.75 Å². The van der Waals surface area contributed by atoms with Crippen molar-refractivity contribution in [1.29, 1.82) is 0 Å². The fraction of sp³-hybridized carbons (Fsp3) is 0.250. The predicted molar refractivity (Wildman–Crippen MR) is 85.8 cm³/mol. The molecule has 0 fully saturated rings. The van der Waals surface area contributed by atoms with Crippen LogP contribution in [0.4, 0.5) is 0 Å². The first-order valence-corrected chi connectivity index (χ1v) is 7.34. The van der Waals surface area contributed by atoms with Gasteiger partial charge in [0.15, 0.2) is 0 Å². The lowest BCUT2D eigenvalue weighted by Gasteiger charge is -2.20. The zero-order valence-corrected chi connectivity index (χ0v) is 13.1. The van der Waals surface area contributed by atoms with Crippen LogP contribution in [0.1, 0.15) is 17.2 Å². The first kappa shape index (κ1) is 15.0. The van der Waals surface area contributed by atoms with Gasteiger partial charge in [-0.3, -0.25) is 0 Å². The normalized spacial score (nSPS) is 12.2. The van der Waals surface area contributed by atoms with Crippen molar-refractivity contribution in [2.45, 2.75) is 12.6 Å². The molecule has 106 valence electrons. The molecule has 1 unspecified atom stereocenters. The van der Waals surface area contributed by atoms with E-state index in [-0.39, 0.29) is 6.04 Å². The average Bonchev–Trinajstić information content (AvgIpc) is 2.49. The molecule has 4 heteroatoms. The molecular formula is C16H19BrN2O. The van der Waals surface area contributed by atoms with Crippen LogP contribution in [0.25, 0.3) is 0 Å². The Kier molecular flexibility index (Phi) is 5.59. The number of nitrogens with two attached hydrogens (primary N) is 1. The average molecular weight is 335 g/mol. The van der Waals surface area contributed by atoms with Gasteiger partial charge in [-0.1, -0.05) is 46.3 Å². The van der Waals surface area contributed by atoms with Gasteiger partial charge in [0, 0.05) is 29.2 Å². The fourth-order valence-corrected chi connectivity index (χ4v) is 2.51. The van der Waals surface area contributed by atoms with Crippen LogP contribution in [-0.2, 0) is 6.54 Å². The molecule has 0 aliphatic carbocycles. The van der Waals surface area contributed by atoms with Crippen molar-refractivity contribution in [3.8, 4) is 5.75 Å². The maximum atomic E-state index is 5.91. The highest BCUT2D eigenvalue weighted by atomic mass is 79.9. The van der Waals surface area contributed by atoms with Gasteiger partial charge in [0.2, 0.25) is 0 Å². The van der Waals surface area contributed by atoms with Crippen molar-refractivity contribution in [2.24, 2.45) is 5.73 Å². The van der Waals surface area contributed by atoms with Gasteiger partial charge in [-0.2, -0.15) is 0 Å². The largest absolute Gasteiger partial charge is 0.496 e. The minimum atomic E-state index is 0.0580. The number of ether oxygens (including phenoxy) is 1. The summed E-state index contributed by atoms with van der Waals surface area (Å²) in [5, 5.41) is 3.48. The standard InChI is InChI=1S/C16H19BrN2O/c1-20-16-8-7-13(17)9-14(16)15(10-18)19-11-12-5-3-2-4-6-12/h2-9,15,19H,10-11,18H2,1H3. The van der Waals surface area contributed by atoms with Gasteiger partial charge < -0.3 is 15.8 Å². The fourth-order valence-electron chi connectivity index (χ4n) is 2.13. The highest BCUT2D eigenvalue weighted by Gasteiger charge is 2.14. The van der Waals surface area contributed by atoms with E-state index in [1.807, 2.05) is 36.4 Å². The second kappa shape index (κ2) is 7.43. The lowest BCUT2D eigenvalue weighted by molar-refractivity contribution is 0.399. The Bertz CT molecular complexity index is 545. The number of benzene rings is 2. The lowest BCUT2D eigenvalue weighted by atomic mass is 10.1. The van der Waals surface area contributed by atoms with Gasteiger partial charge in [-0.05, 0) is 23.8 Å². The van der Waals surface area contributed by atoms with E-state index in [2.05, 4.69) is 33.4 Å². The Morgan fingerprint density at radius 1 is 1.20 bits per heavy atom. The van der Waals surface area contributed by atoms with E-state index in [1.54, 1.807) is 7.11 Å². The number of methoxy groups -OCH3 is 1. The van der Waals surface area contributed by atoms with E-state index in [4.69, 9.17) is 10.5 Å². The summed E-state index contributed by atoms with van der Waals surface area (Å²) in [5.74, 6) is 0.851. The maximum Gasteiger partial charge on any atom is 0.123 e. The zero-order valence-electron chi connectivity index (χ0n) is 11.5. The van der Waals surface area contributed by atoms with Crippen LogP contribution in [0.3, 0.4) is 0 Å². The summed E-state index contributed by atoms with van der Waals surface area (Å²) in [7, 11) is 1.68. The van der Waals surface area contributed by atoms with Gasteiger partial charge >= 0.3 is 0 Å². The number of nitrogens with one attached hydrogen (secondary N) is 1. The summed E-state index contributed by atoms with van der Waals surface area (Å²) in [5.41, 5.74) is 8.22. The Morgan fingerprint density at radius 3 is 2.60 bits per heavy atom. The number of rotatable bonds is 6. The van der Waals surface area contributed by atoms with Crippen molar-refractivity contribution in [3.63, 3.8) is 0 Å². The Morgan fingerprint density at radius 2 is 1.95 bits per heavy atom. The van der Waals surface area contributed by atoms with Crippen LogP contribution in [0.5, 0.6) is 5.75 Å². The van der Waals surface area contributed by atoms with E-state index in [0.29, 0.717) is 6.54 Å². The van der Waals surface area contributed by atoms with Gasteiger partial charge in [0.05, 0.1) is 7.11 Å². The second-order valence-corrected chi connectivity index (χ2v) is 5.46. The number of hydrogen-bond acceptors (Lipinski definition) is 3. The van der Waals surface area contributed by atoms with Crippen LogP contribution < -0.4 is 15.8 Å². The summed E-state index contributed by atoms with van der Waals surface area (Å²) < 4.78 is 6.44. The van der Waals surface area contributed by atoms with E-state index >= 15 is 0 Å². The molecule has 0 aliphatic rings. The molecule has 0 heterocycles. The highest BCUT2D eigenvalue weighted by Crippen LogP contribution is 2.28. The van der Waals surface area contributed by atoms with Crippen molar-refractivity contribution in [3.05, 3.63) is 64.1 Å². The summed E-state index contributed by atoms with van der Waals surface area (Å²) in [4.78, 5) is 0. The van der Waals surface area contributed by atoms with Crippen LogP contribution in [0.15, 0.2) is 53.0 Å². The van der Waals surface area contributed by atoms with E-state index in [1.165, 1.54) is 5.56 Å². The molecule has 3 nitrogen and oxygen atoms in total. The van der Waals surface area contributed by atoms with Crippen LogP contribution in [0, 0.1) is 0 Å². The molecule has 0 saturated heterocycles. The Balaban J connectivity index is 2.14. The third-order valence-corrected chi connectivity index (χ3v) is 3.69. The van der Waals surface area contributed by atoms with Gasteiger partial charge in [0.25, 0.3) is 0 Å². The maximum absolute atomic E-state index is 5.91. The van der Waals surface area contributed by atoms with Crippen LogP contribution in [0.2, 0.25) is 0 Å². The third-order valence-electron chi connectivity index (χ3n) is 3.20. The molecule has 0 bridgehead atoms. The molecule has 0 amide bonds. The predicted octanol–water partition coefficient (Wildman–Crippen LogP) is 3.25. The van der Waals surface area contributed by atoms with Gasteiger partial charge in [-0.15, -0.1) is 0 Å². The van der Waals surface area contributed by atoms with E-state index < -0.39 is 0 Å². The molecule has 0 aromatic heterocycles. The quantitative estimate of drug-likeness (QED) is 0.852. The topological polar surface area (TPSA) is 47.3 Å². The van der Waals surface area contributed by atoms with Crippen molar-refractivity contribution < 1.29 is 4.74 Å². The lowest BCUT2D eigenvalue weighted by Crippen LogP contribution is -2.28. The Labute approximate surface area is 128 Å². The smallest absolute Gasteiger partial charge is 0.123 e. The van der Waals surface area contributed by atoms with Crippen molar-refractivity contribution in [2.75, 3.05) is 13.7 Å². The zero-order chi connectivity index (χ0) is 14.4. The summed E-state index contributed by atoms with van der Waals surface area (Å²) in [6, 6.07) is 16.3. The second-order valence-electron chi connectivity index (χ2n) is 4.54. The molecule has 2 aromatic carbocycles. The van der Waals surface area contributed by atoms with Crippen LogP contribution in [-0.4, -0.2) is 13.7 Å². The van der Waals surface area contributed by atoms with Crippen LogP contribution >= 0.6 is 15.9 Å². The minimum absolute atomic E-state index is 0.0580. The molecular weight excluding hydrogens is 316 g/mol. The molecule has 1 atom stereocenters. The van der Waals surface area contributed by atoms with E-state index in [0.717, 1.165) is 22.3 Å². The summed E-state index contributed by atoms with van der Waals surface area (Å²) in [6.07, 6.45) is 0. The Hall–Kier alpha value is -1.36. The minimum Gasteiger partial charge on any atom is -0.496 e. The van der Waals surface area contributed by atoms with Crippen molar-refractivity contribution >= 4 is 15.9 Å². The summed E-state index contributed by atoms with van der Waals surface area (Å²) >= 11 is 3.49. The first-order chi connectivity index (χ1) is 9.74. The molecule has 2 rings (SSSR count). The third kappa shape index (κ3) is 3.82. The molecule has 0 radical (unpaired) electrons. The SMILES string of the molecule is COc1ccc(Br)cc1C(CN)NCc1ccccc1. The molecule has 0 aliphatic heterocycles. The number of hydrogen-bond donors (Lipinski definition) is 2. The van der Waals surface area contributed by atoms with Gasteiger partial charge in [-0.25, -0.2) is 0 Å². The first-order valence-electron chi connectivity index (χ1n) is 6.55. The molecule has 0 saturated carbocycles. The summed E-state index contributed by atoms with van der Waals surface area (Å²) in [6.45, 7) is 1.29. The number of halogens is 1. The molecule has 20 heavy (non-hydrogen) atoms. The molecule has 2 aromatic rings. The monoisotopic (exact) mass is 334 g/mol. The van der Waals surface area contributed by atoms with Crippen molar-refractivity contribution in [1.82, 2.24) is 5.32 Å². The highest BCUT2D eigenvalue weighted by molar-refractivity contribution is 9.10. The molecule has 3 N–H and O–H groups in total. The molecule has 0 spiro atoms. The van der Waals surface area contributed by atoms with E-state index in [9.17, 15) is 0 Å².